The third-order valence-electron chi connectivity index (χ3n) is 4.11. The van der Waals surface area contributed by atoms with Gasteiger partial charge in [-0.2, -0.15) is 0 Å². The van der Waals surface area contributed by atoms with E-state index in [2.05, 4.69) is 57.4 Å². The number of aryl methyl sites for hydroxylation is 2. The summed E-state index contributed by atoms with van der Waals surface area (Å²) < 4.78 is 2.02. The Kier molecular flexibility index (Phi) is 3.50. The number of hydrogen-bond donors (Lipinski definition) is 1. The summed E-state index contributed by atoms with van der Waals surface area (Å²) in [6.45, 7) is 1.96. The fourth-order valence-corrected chi connectivity index (χ4v) is 2.81. The number of rotatable bonds is 3. The van der Waals surface area contributed by atoms with Gasteiger partial charge >= 0.3 is 0 Å². The van der Waals surface area contributed by atoms with Gasteiger partial charge in [0.1, 0.15) is 5.82 Å². The van der Waals surface area contributed by atoms with Crippen LogP contribution in [0.3, 0.4) is 0 Å². The molecule has 2 aromatic carbocycles. The average Bonchev–Trinajstić information content (AvgIpc) is 3.24. The predicted octanol–water partition coefficient (Wildman–Crippen LogP) is 4.25. The molecule has 2 heterocycles. The molecule has 0 spiro atoms. The zero-order valence-electron chi connectivity index (χ0n) is 13.6. The fourth-order valence-electron chi connectivity index (χ4n) is 2.81. The largest absolute Gasteiger partial charge is 0.348 e. The SMILES string of the molecule is Cc1nc(-c2ccc(-c3[c]ccc(-c4cncn4C)c3)cc2)c[nH]1. The highest BCUT2D eigenvalue weighted by Crippen LogP contribution is 2.27. The van der Waals surface area contributed by atoms with E-state index in [1.807, 2.05) is 43.3 Å². The molecule has 2 aromatic heterocycles. The van der Waals surface area contributed by atoms with E-state index in [1.54, 1.807) is 0 Å². The quantitative estimate of drug-likeness (QED) is 0.614. The number of benzene rings is 2. The molecule has 4 heteroatoms. The van der Waals surface area contributed by atoms with Crippen molar-refractivity contribution in [2.24, 2.45) is 7.05 Å². The highest BCUT2D eigenvalue weighted by atomic mass is 15.0. The minimum atomic E-state index is 0.922. The molecule has 1 radical (unpaired) electrons. The molecule has 4 rings (SSSR count). The number of imidazole rings is 2. The normalized spacial score (nSPS) is 10.9. The van der Waals surface area contributed by atoms with Crippen LogP contribution < -0.4 is 0 Å². The first-order valence-corrected chi connectivity index (χ1v) is 7.82. The lowest BCUT2D eigenvalue weighted by Gasteiger charge is -2.07. The van der Waals surface area contributed by atoms with Crippen molar-refractivity contribution in [2.75, 3.05) is 0 Å². The summed E-state index contributed by atoms with van der Waals surface area (Å²) in [5, 5.41) is 0. The maximum absolute atomic E-state index is 4.47. The molecule has 4 nitrogen and oxygen atoms in total. The molecule has 0 aliphatic heterocycles. The summed E-state index contributed by atoms with van der Waals surface area (Å²) in [6.07, 6.45) is 5.62. The van der Waals surface area contributed by atoms with Gasteiger partial charge in [0.05, 0.1) is 23.9 Å². The maximum Gasteiger partial charge on any atom is 0.103 e. The summed E-state index contributed by atoms with van der Waals surface area (Å²) in [7, 11) is 2.00. The van der Waals surface area contributed by atoms with E-state index in [9.17, 15) is 0 Å². The molecule has 24 heavy (non-hydrogen) atoms. The highest BCUT2D eigenvalue weighted by Gasteiger charge is 2.06. The van der Waals surface area contributed by atoms with Crippen molar-refractivity contribution in [1.29, 1.82) is 0 Å². The van der Waals surface area contributed by atoms with Gasteiger partial charge in [-0.15, -0.1) is 0 Å². The summed E-state index contributed by atoms with van der Waals surface area (Å²) in [5.41, 5.74) is 6.50. The molecule has 1 N–H and O–H groups in total. The topological polar surface area (TPSA) is 46.5 Å². The Balaban J connectivity index is 1.68. The van der Waals surface area contributed by atoms with Crippen LogP contribution in [0.15, 0.2) is 61.2 Å². The van der Waals surface area contributed by atoms with Gasteiger partial charge in [-0.25, -0.2) is 9.97 Å². The van der Waals surface area contributed by atoms with E-state index in [-0.39, 0.29) is 0 Å². The Labute approximate surface area is 140 Å². The Morgan fingerprint density at radius 1 is 1.04 bits per heavy atom. The highest BCUT2D eigenvalue weighted by molar-refractivity contribution is 5.73. The summed E-state index contributed by atoms with van der Waals surface area (Å²) in [4.78, 5) is 11.8. The van der Waals surface area contributed by atoms with Crippen LogP contribution in [0, 0.1) is 13.0 Å². The molecule has 0 aliphatic rings. The second kappa shape index (κ2) is 5.81. The standard InChI is InChI=1S/C20H17N4/c1-14-22-11-19(23-14)16-8-6-15(7-9-16)17-4-3-5-18(10-17)20-12-21-13-24(20)2/h3,5-13H,1-2H3,(H,22,23). The van der Waals surface area contributed by atoms with Gasteiger partial charge in [0, 0.05) is 24.4 Å². The molecular weight excluding hydrogens is 296 g/mol. The smallest absolute Gasteiger partial charge is 0.103 e. The molecule has 0 saturated heterocycles. The Bertz CT molecular complexity index is 977. The van der Waals surface area contributed by atoms with Crippen molar-refractivity contribution in [3.05, 3.63) is 73.1 Å². The van der Waals surface area contributed by atoms with Crippen molar-refractivity contribution in [3.8, 4) is 33.6 Å². The van der Waals surface area contributed by atoms with Crippen LogP contribution in [-0.2, 0) is 7.05 Å². The number of H-pyrrole nitrogens is 1. The van der Waals surface area contributed by atoms with E-state index in [1.165, 1.54) is 0 Å². The number of nitrogens with zero attached hydrogens (tertiary/aromatic N) is 3. The van der Waals surface area contributed by atoms with E-state index in [4.69, 9.17) is 0 Å². The third kappa shape index (κ3) is 2.63. The molecule has 0 unspecified atom stereocenters. The Hall–Kier alpha value is -3.14. The molecule has 0 atom stereocenters. The lowest BCUT2D eigenvalue weighted by Crippen LogP contribution is -1.89. The average molecular weight is 313 g/mol. The number of nitrogens with one attached hydrogen (secondary N) is 1. The van der Waals surface area contributed by atoms with Crippen LogP contribution >= 0.6 is 0 Å². The zero-order chi connectivity index (χ0) is 16.5. The van der Waals surface area contributed by atoms with E-state index in [0.29, 0.717) is 0 Å². The van der Waals surface area contributed by atoms with Crippen molar-refractivity contribution >= 4 is 0 Å². The van der Waals surface area contributed by atoms with Gasteiger partial charge in [-0.1, -0.05) is 36.4 Å². The van der Waals surface area contributed by atoms with E-state index >= 15 is 0 Å². The molecular formula is C20H17N4. The van der Waals surface area contributed by atoms with Crippen LogP contribution in [0.1, 0.15) is 5.82 Å². The minimum absolute atomic E-state index is 0.922. The van der Waals surface area contributed by atoms with Crippen molar-refractivity contribution in [1.82, 2.24) is 19.5 Å². The molecule has 0 amide bonds. The first-order valence-electron chi connectivity index (χ1n) is 7.82. The zero-order valence-corrected chi connectivity index (χ0v) is 13.6. The van der Waals surface area contributed by atoms with Crippen molar-refractivity contribution in [3.63, 3.8) is 0 Å². The van der Waals surface area contributed by atoms with Gasteiger partial charge in [0.15, 0.2) is 0 Å². The van der Waals surface area contributed by atoms with Gasteiger partial charge in [0.2, 0.25) is 0 Å². The molecule has 0 saturated carbocycles. The summed E-state index contributed by atoms with van der Waals surface area (Å²) >= 11 is 0. The second-order valence-electron chi connectivity index (χ2n) is 5.83. The summed E-state index contributed by atoms with van der Waals surface area (Å²) in [5.74, 6) is 0.922. The second-order valence-corrected chi connectivity index (χ2v) is 5.83. The van der Waals surface area contributed by atoms with E-state index < -0.39 is 0 Å². The molecule has 0 aliphatic carbocycles. The lowest BCUT2D eigenvalue weighted by atomic mass is 10.0. The van der Waals surface area contributed by atoms with Crippen LogP contribution in [-0.4, -0.2) is 19.5 Å². The molecule has 117 valence electrons. The maximum atomic E-state index is 4.47. The monoisotopic (exact) mass is 313 g/mol. The number of aromatic nitrogens is 4. The fraction of sp³-hybridized carbons (Fsp3) is 0.100. The first-order chi connectivity index (χ1) is 11.7. The van der Waals surface area contributed by atoms with Gasteiger partial charge in [0.25, 0.3) is 0 Å². The lowest BCUT2D eigenvalue weighted by molar-refractivity contribution is 0.921. The van der Waals surface area contributed by atoms with Gasteiger partial charge < -0.3 is 9.55 Å². The van der Waals surface area contributed by atoms with Crippen molar-refractivity contribution < 1.29 is 0 Å². The number of aromatic amines is 1. The van der Waals surface area contributed by atoms with E-state index in [0.717, 1.165) is 39.5 Å². The summed E-state index contributed by atoms with van der Waals surface area (Å²) in [6, 6.07) is 17.9. The Morgan fingerprint density at radius 3 is 2.50 bits per heavy atom. The minimum Gasteiger partial charge on any atom is -0.348 e. The van der Waals surface area contributed by atoms with Crippen molar-refractivity contribution in [2.45, 2.75) is 6.92 Å². The molecule has 0 fully saturated rings. The third-order valence-corrected chi connectivity index (χ3v) is 4.11. The molecule has 0 bridgehead atoms. The van der Waals surface area contributed by atoms with Crippen LogP contribution in [0.5, 0.6) is 0 Å². The van der Waals surface area contributed by atoms with Crippen LogP contribution in [0.2, 0.25) is 0 Å². The molecule has 4 aromatic rings. The van der Waals surface area contributed by atoms with Gasteiger partial charge in [-0.05, 0) is 30.2 Å². The Morgan fingerprint density at radius 2 is 1.83 bits per heavy atom. The first kappa shape index (κ1) is 14.5. The van der Waals surface area contributed by atoms with Gasteiger partial charge in [-0.3, -0.25) is 0 Å². The van der Waals surface area contributed by atoms with Crippen LogP contribution in [0.25, 0.3) is 33.6 Å². The number of hydrogen-bond acceptors (Lipinski definition) is 2. The predicted molar refractivity (Wildman–Crippen MR) is 95.2 cm³/mol. The van der Waals surface area contributed by atoms with Crippen LogP contribution in [0.4, 0.5) is 0 Å².